The van der Waals surface area contributed by atoms with Crippen molar-refractivity contribution in [1.29, 1.82) is 0 Å². The topological polar surface area (TPSA) is 28.7 Å². The molecule has 0 aliphatic carbocycles. The van der Waals surface area contributed by atoms with Crippen LogP contribution in [0, 0.1) is 6.92 Å². The first kappa shape index (κ1) is 16.2. The second kappa shape index (κ2) is 6.55. The number of hydrogen-bond acceptors (Lipinski definition) is 1. The highest BCUT2D eigenvalue weighted by Crippen LogP contribution is 2.27. The minimum atomic E-state index is 0.567. The van der Waals surface area contributed by atoms with Gasteiger partial charge in [-0.25, -0.2) is 4.98 Å². The number of imidazole rings is 1. The first-order valence-corrected chi connectivity index (χ1v) is 8.84. The number of H-pyrrole nitrogens is 1. The van der Waals surface area contributed by atoms with Gasteiger partial charge >= 0.3 is 0 Å². The molecule has 0 radical (unpaired) electrons. The Morgan fingerprint density at radius 2 is 1.68 bits per heavy atom. The van der Waals surface area contributed by atoms with E-state index in [1.54, 1.807) is 0 Å². The second-order valence-corrected chi connectivity index (χ2v) is 6.96. The van der Waals surface area contributed by atoms with Crippen LogP contribution >= 0.6 is 23.2 Å². The van der Waals surface area contributed by atoms with E-state index in [0.717, 1.165) is 28.3 Å². The lowest BCUT2D eigenvalue weighted by molar-refractivity contribution is 1.02. The summed E-state index contributed by atoms with van der Waals surface area (Å²) in [6, 6.07) is 20.5. The Morgan fingerprint density at radius 1 is 0.880 bits per heavy atom. The normalized spacial score (nSPS) is 11.2. The highest BCUT2D eigenvalue weighted by atomic mass is 35.5. The number of hydrogen-bond donors (Lipinski definition) is 1. The van der Waals surface area contributed by atoms with Gasteiger partial charge in [-0.05, 0) is 41.5 Å². The summed E-state index contributed by atoms with van der Waals surface area (Å²) < 4.78 is 0. The smallest absolute Gasteiger partial charge is 0.111 e. The number of aromatic nitrogens is 2. The maximum absolute atomic E-state index is 6.11. The number of nitrogens with zero attached hydrogens (tertiary/aromatic N) is 1. The summed E-state index contributed by atoms with van der Waals surface area (Å²) >= 11 is 12.1. The highest BCUT2D eigenvalue weighted by molar-refractivity contribution is 6.42. The van der Waals surface area contributed by atoms with E-state index >= 15 is 0 Å². The van der Waals surface area contributed by atoms with Crippen LogP contribution in [0.3, 0.4) is 0 Å². The summed E-state index contributed by atoms with van der Waals surface area (Å²) in [7, 11) is 0. The third-order valence-electron chi connectivity index (χ3n) is 4.31. The van der Waals surface area contributed by atoms with Gasteiger partial charge in [0.2, 0.25) is 0 Å². The van der Waals surface area contributed by atoms with Gasteiger partial charge in [0.05, 0.1) is 15.7 Å². The van der Waals surface area contributed by atoms with E-state index in [9.17, 15) is 0 Å². The van der Waals surface area contributed by atoms with Crippen LogP contribution in [-0.2, 0) is 6.42 Å². The van der Waals surface area contributed by atoms with Crippen molar-refractivity contribution in [1.82, 2.24) is 9.97 Å². The van der Waals surface area contributed by atoms with Gasteiger partial charge in [-0.15, -0.1) is 0 Å². The predicted molar refractivity (Wildman–Crippen MR) is 106 cm³/mol. The minimum Gasteiger partial charge on any atom is -0.345 e. The fraction of sp³-hybridized carbons (Fsp3) is 0.0952. The fourth-order valence-corrected chi connectivity index (χ4v) is 3.39. The average Bonchev–Trinajstić information content (AvgIpc) is 2.98. The molecule has 0 aliphatic heterocycles. The molecule has 0 atom stereocenters. The van der Waals surface area contributed by atoms with E-state index in [-0.39, 0.29) is 0 Å². The van der Waals surface area contributed by atoms with Gasteiger partial charge in [0.15, 0.2) is 0 Å². The number of halogens is 2. The third-order valence-corrected chi connectivity index (χ3v) is 5.05. The molecule has 0 amide bonds. The van der Waals surface area contributed by atoms with E-state index in [4.69, 9.17) is 28.2 Å². The number of aryl methyl sites for hydroxylation is 1. The second-order valence-electron chi connectivity index (χ2n) is 6.14. The van der Waals surface area contributed by atoms with Crippen molar-refractivity contribution in [3.05, 3.63) is 87.8 Å². The Hall–Kier alpha value is -2.29. The van der Waals surface area contributed by atoms with Crippen LogP contribution in [0.5, 0.6) is 0 Å². The van der Waals surface area contributed by atoms with Crippen molar-refractivity contribution in [2.24, 2.45) is 0 Å². The molecular formula is C21H16Cl2N2. The summed E-state index contributed by atoms with van der Waals surface area (Å²) in [5.41, 5.74) is 4.24. The van der Waals surface area contributed by atoms with Gasteiger partial charge in [-0.1, -0.05) is 65.7 Å². The molecule has 1 heterocycles. The van der Waals surface area contributed by atoms with Crippen molar-refractivity contribution >= 4 is 34.0 Å². The van der Waals surface area contributed by atoms with Gasteiger partial charge in [0.1, 0.15) is 5.82 Å². The summed E-state index contributed by atoms with van der Waals surface area (Å²) in [6.45, 7) is 2.05. The van der Waals surface area contributed by atoms with Crippen molar-refractivity contribution in [3.8, 4) is 11.3 Å². The molecule has 4 aromatic rings. The molecule has 0 bridgehead atoms. The molecule has 0 aliphatic rings. The molecule has 0 saturated carbocycles. The highest BCUT2D eigenvalue weighted by Gasteiger charge is 2.11. The van der Waals surface area contributed by atoms with E-state index in [0.29, 0.717) is 16.5 Å². The Kier molecular flexibility index (Phi) is 4.24. The van der Waals surface area contributed by atoms with Crippen LogP contribution in [0.2, 0.25) is 10.0 Å². The number of rotatable bonds is 3. The number of aromatic amines is 1. The molecule has 0 saturated heterocycles. The van der Waals surface area contributed by atoms with Gasteiger partial charge in [0.25, 0.3) is 0 Å². The fourth-order valence-electron chi connectivity index (χ4n) is 3.07. The first-order chi connectivity index (χ1) is 12.1. The number of fused-ring (bicyclic) bond motifs is 1. The Morgan fingerprint density at radius 3 is 2.48 bits per heavy atom. The van der Waals surface area contributed by atoms with E-state index in [1.165, 1.54) is 10.8 Å². The SMILES string of the molecule is Cc1[nH]c(Cc2ccc(Cl)c(Cl)c2)nc1-c1ccc2ccccc2c1. The van der Waals surface area contributed by atoms with Crippen LogP contribution in [0.15, 0.2) is 60.7 Å². The van der Waals surface area contributed by atoms with Crippen LogP contribution in [-0.4, -0.2) is 9.97 Å². The lowest BCUT2D eigenvalue weighted by atomic mass is 10.0. The van der Waals surface area contributed by atoms with Crippen LogP contribution in [0.4, 0.5) is 0 Å². The van der Waals surface area contributed by atoms with E-state index < -0.39 is 0 Å². The van der Waals surface area contributed by atoms with E-state index in [2.05, 4.69) is 54.4 Å². The Balaban J connectivity index is 1.68. The van der Waals surface area contributed by atoms with Crippen LogP contribution < -0.4 is 0 Å². The Labute approximate surface area is 156 Å². The average molecular weight is 367 g/mol. The Bertz CT molecular complexity index is 1070. The molecule has 1 aromatic heterocycles. The first-order valence-electron chi connectivity index (χ1n) is 8.09. The molecule has 0 spiro atoms. The zero-order valence-corrected chi connectivity index (χ0v) is 15.2. The molecule has 1 N–H and O–H groups in total. The summed E-state index contributed by atoms with van der Waals surface area (Å²) in [4.78, 5) is 8.19. The van der Waals surface area contributed by atoms with Crippen molar-refractivity contribution in [2.75, 3.05) is 0 Å². The monoisotopic (exact) mass is 366 g/mol. The molecule has 25 heavy (non-hydrogen) atoms. The zero-order chi connectivity index (χ0) is 17.4. The van der Waals surface area contributed by atoms with Crippen molar-refractivity contribution in [2.45, 2.75) is 13.3 Å². The molecule has 124 valence electrons. The lowest BCUT2D eigenvalue weighted by Gasteiger charge is -2.02. The van der Waals surface area contributed by atoms with E-state index in [1.807, 2.05) is 18.2 Å². The van der Waals surface area contributed by atoms with Crippen molar-refractivity contribution in [3.63, 3.8) is 0 Å². The zero-order valence-electron chi connectivity index (χ0n) is 13.7. The van der Waals surface area contributed by atoms with Crippen LogP contribution in [0.1, 0.15) is 17.1 Å². The predicted octanol–water partition coefficient (Wildman–Crippen LogP) is 6.44. The standard InChI is InChI=1S/C21H16Cl2N2/c1-13-21(17-8-7-15-4-2-3-5-16(15)12-17)25-20(24-13)11-14-6-9-18(22)19(23)10-14/h2-10,12H,11H2,1H3,(H,24,25). The van der Waals surface area contributed by atoms with Crippen LogP contribution in [0.25, 0.3) is 22.0 Å². The number of nitrogens with one attached hydrogen (secondary N) is 1. The minimum absolute atomic E-state index is 0.567. The largest absolute Gasteiger partial charge is 0.345 e. The molecule has 0 unspecified atom stereocenters. The summed E-state index contributed by atoms with van der Waals surface area (Å²) in [5.74, 6) is 0.916. The third kappa shape index (κ3) is 3.28. The maximum Gasteiger partial charge on any atom is 0.111 e. The van der Waals surface area contributed by atoms with Crippen molar-refractivity contribution < 1.29 is 0 Å². The van der Waals surface area contributed by atoms with Gasteiger partial charge in [-0.3, -0.25) is 0 Å². The van der Waals surface area contributed by atoms with Gasteiger partial charge in [0, 0.05) is 17.7 Å². The molecule has 4 rings (SSSR count). The quantitative estimate of drug-likeness (QED) is 0.444. The molecular weight excluding hydrogens is 351 g/mol. The summed E-state index contributed by atoms with van der Waals surface area (Å²) in [5, 5.41) is 3.58. The molecule has 0 fully saturated rings. The summed E-state index contributed by atoms with van der Waals surface area (Å²) in [6.07, 6.45) is 0.686. The molecule has 3 aromatic carbocycles. The molecule has 4 heteroatoms. The van der Waals surface area contributed by atoms with Gasteiger partial charge < -0.3 is 4.98 Å². The van der Waals surface area contributed by atoms with Gasteiger partial charge in [-0.2, -0.15) is 0 Å². The molecule has 2 nitrogen and oxygen atoms in total. The maximum atomic E-state index is 6.11. The number of benzene rings is 3. The lowest BCUT2D eigenvalue weighted by Crippen LogP contribution is -1.91.